The number of anilines is 1. The molecule has 144 valence electrons. The summed E-state index contributed by atoms with van der Waals surface area (Å²) in [4.78, 5) is 32.5. The number of likely N-dealkylation sites (tertiary alicyclic amines) is 1. The highest BCUT2D eigenvalue weighted by Gasteiger charge is 2.47. The SMILES string of the molecule is Cc1cc(N2C(=O)C[C@H]([NH+]3CCC(c4nc5ccccc5s4)CC3)C2=O)no1. The van der Waals surface area contributed by atoms with Crippen LogP contribution in [0.1, 0.15) is 35.9 Å². The number of carbonyl (C=O) groups is 2. The van der Waals surface area contributed by atoms with E-state index in [-0.39, 0.29) is 24.3 Å². The second-order valence-electron chi connectivity index (χ2n) is 7.57. The van der Waals surface area contributed by atoms with E-state index in [0.717, 1.165) is 31.4 Å². The van der Waals surface area contributed by atoms with Crippen LogP contribution in [0, 0.1) is 6.92 Å². The molecule has 3 aromatic rings. The summed E-state index contributed by atoms with van der Waals surface area (Å²) in [6, 6.07) is 9.54. The topological polar surface area (TPSA) is 80.7 Å². The minimum Gasteiger partial charge on any atom is -0.360 e. The van der Waals surface area contributed by atoms with Crippen molar-refractivity contribution in [2.24, 2.45) is 0 Å². The van der Waals surface area contributed by atoms with E-state index in [1.54, 1.807) is 24.3 Å². The standard InChI is InChI=1S/C20H20N4O3S/c1-12-10-17(22-27-12)24-18(25)11-15(20(24)26)23-8-6-13(7-9-23)19-21-14-4-2-3-5-16(14)28-19/h2-5,10,13,15H,6-9,11H2,1H3/p+1/t15-/m0/s1. The number of benzene rings is 1. The third-order valence-corrected chi connectivity index (χ3v) is 6.97. The molecule has 7 nitrogen and oxygen atoms in total. The van der Waals surface area contributed by atoms with Crippen LogP contribution in [0.2, 0.25) is 0 Å². The van der Waals surface area contributed by atoms with Gasteiger partial charge in [0, 0.05) is 24.8 Å². The molecule has 0 aliphatic carbocycles. The number of piperidine rings is 1. The summed E-state index contributed by atoms with van der Waals surface area (Å²) in [7, 11) is 0. The van der Waals surface area contributed by atoms with Gasteiger partial charge in [0.1, 0.15) is 5.76 Å². The Bertz CT molecular complexity index is 1020. The van der Waals surface area contributed by atoms with Crippen LogP contribution in [0.5, 0.6) is 0 Å². The number of para-hydroxylation sites is 1. The van der Waals surface area contributed by atoms with Gasteiger partial charge in [-0.25, -0.2) is 9.88 Å². The molecule has 28 heavy (non-hydrogen) atoms. The highest BCUT2D eigenvalue weighted by Crippen LogP contribution is 2.32. The number of aryl methyl sites for hydroxylation is 1. The fourth-order valence-corrected chi connectivity index (χ4v) is 5.44. The zero-order chi connectivity index (χ0) is 19.3. The van der Waals surface area contributed by atoms with Gasteiger partial charge in [0.2, 0.25) is 5.91 Å². The lowest BCUT2D eigenvalue weighted by molar-refractivity contribution is -0.920. The Labute approximate surface area is 165 Å². The van der Waals surface area contributed by atoms with Crippen molar-refractivity contribution < 1.29 is 19.0 Å². The molecule has 2 fully saturated rings. The molecule has 2 amide bonds. The van der Waals surface area contributed by atoms with Gasteiger partial charge in [-0.1, -0.05) is 17.3 Å². The first-order chi connectivity index (χ1) is 13.6. The third kappa shape index (κ3) is 2.93. The molecule has 4 heterocycles. The lowest BCUT2D eigenvalue weighted by Crippen LogP contribution is -3.17. The molecule has 8 heteroatoms. The van der Waals surface area contributed by atoms with Crippen molar-refractivity contribution in [1.82, 2.24) is 10.1 Å². The van der Waals surface area contributed by atoms with Gasteiger partial charge in [-0.3, -0.25) is 9.59 Å². The Kier molecular flexibility index (Phi) is 4.25. The van der Waals surface area contributed by atoms with Crippen molar-refractivity contribution in [3.63, 3.8) is 0 Å². The molecule has 0 spiro atoms. The second kappa shape index (κ2) is 6.79. The maximum atomic E-state index is 12.9. The quantitative estimate of drug-likeness (QED) is 0.681. The minimum atomic E-state index is -0.319. The predicted molar refractivity (Wildman–Crippen MR) is 104 cm³/mol. The number of thiazole rings is 1. The van der Waals surface area contributed by atoms with Gasteiger partial charge in [0.25, 0.3) is 5.91 Å². The first-order valence-electron chi connectivity index (χ1n) is 9.60. The number of aromatic nitrogens is 2. The molecule has 1 atom stereocenters. The number of fused-ring (bicyclic) bond motifs is 1. The molecule has 2 aliphatic heterocycles. The number of imide groups is 1. The molecule has 0 saturated carbocycles. The van der Waals surface area contributed by atoms with Crippen LogP contribution in [0.15, 0.2) is 34.9 Å². The Morgan fingerprint density at radius 2 is 2.00 bits per heavy atom. The normalized spacial score (nSPS) is 25.8. The number of nitrogens with zero attached hydrogens (tertiary/aromatic N) is 3. The summed E-state index contributed by atoms with van der Waals surface area (Å²) in [5.41, 5.74) is 1.06. The van der Waals surface area contributed by atoms with Crippen molar-refractivity contribution in [2.75, 3.05) is 18.0 Å². The summed E-state index contributed by atoms with van der Waals surface area (Å²) in [5, 5.41) is 5.03. The average Bonchev–Trinajstić information content (AvgIpc) is 3.39. The van der Waals surface area contributed by atoms with E-state index in [1.165, 1.54) is 19.5 Å². The molecule has 0 bridgehead atoms. The van der Waals surface area contributed by atoms with Crippen LogP contribution >= 0.6 is 11.3 Å². The predicted octanol–water partition coefficient (Wildman–Crippen LogP) is 1.69. The highest BCUT2D eigenvalue weighted by molar-refractivity contribution is 7.18. The lowest BCUT2D eigenvalue weighted by atomic mass is 9.96. The summed E-state index contributed by atoms with van der Waals surface area (Å²) in [6.45, 7) is 3.49. The Morgan fingerprint density at radius 1 is 1.21 bits per heavy atom. The third-order valence-electron chi connectivity index (χ3n) is 5.77. The number of carbonyl (C=O) groups excluding carboxylic acids is 2. The van der Waals surface area contributed by atoms with Crippen LogP contribution in [-0.4, -0.2) is 41.1 Å². The van der Waals surface area contributed by atoms with E-state index in [1.807, 2.05) is 12.1 Å². The van der Waals surface area contributed by atoms with E-state index in [0.29, 0.717) is 17.5 Å². The number of amides is 2. The van der Waals surface area contributed by atoms with Gasteiger partial charge < -0.3 is 9.42 Å². The fourth-order valence-electron chi connectivity index (χ4n) is 4.30. The molecule has 5 rings (SSSR count). The molecule has 0 radical (unpaired) electrons. The largest absolute Gasteiger partial charge is 0.360 e. The maximum absolute atomic E-state index is 12.9. The van der Waals surface area contributed by atoms with Crippen LogP contribution < -0.4 is 9.80 Å². The lowest BCUT2D eigenvalue weighted by Gasteiger charge is -2.31. The summed E-state index contributed by atoms with van der Waals surface area (Å²) >= 11 is 1.77. The fraction of sp³-hybridized carbons (Fsp3) is 0.400. The van der Waals surface area contributed by atoms with Gasteiger partial charge in [0.05, 0.1) is 34.7 Å². The van der Waals surface area contributed by atoms with Crippen LogP contribution in [0.4, 0.5) is 5.82 Å². The molecule has 2 aromatic heterocycles. The van der Waals surface area contributed by atoms with Crippen molar-refractivity contribution in [3.05, 3.63) is 41.1 Å². The number of rotatable bonds is 3. The second-order valence-corrected chi connectivity index (χ2v) is 8.63. The van der Waals surface area contributed by atoms with Gasteiger partial charge in [-0.05, 0) is 19.1 Å². The van der Waals surface area contributed by atoms with Crippen molar-refractivity contribution in [3.8, 4) is 0 Å². The summed E-state index contributed by atoms with van der Waals surface area (Å²) < 4.78 is 6.26. The minimum absolute atomic E-state index is 0.160. The first kappa shape index (κ1) is 17.5. The average molecular weight is 397 g/mol. The number of hydrogen-bond acceptors (Lipinski definition) is 6. The molecule has 1 N–H and O–H groups in total. The monoisotopic (exact) mass is 397 g/mol. The van der Waals surface area contributed by atoms with Gasteiger partial charge in [-0.2, -0.15) is 0 Å². The van der Waals surface area contributed by atoms with E-state index in [4.69, 9.17) is 9.51 Å². The first-order valence-corrected chi connectivity index (χ1v) is 10.4. The maximum Gasteiger partial charge on any atom is 0.293 e. The smallest absolute Gasteiger partial charge is 0.293 e. The molecule has 1 aromatic carbocycles. The van der Waals surface area contributed by atoms with Crippen molar-refractivity contribution >= 4 is 39.2 Å². The van der Waals surface area contributed by atoms with Crippen LogP contribution in [-0.2, 0) is 9.59 Å². The van der Waals surface area contributed by atoms with Crippen molar-refractivity contribution in [1.29, 1.82) is 0 Å². The van der Waals surface area contributed by atoms with E-state index >= 15 is 0 Å². The number of nitrogens with one attached hydrogen (secondary N) is 1. The number of hydrogen-bond donors (Lipinski definition) is 1. The molecule has 2 aliphatic rings. The zero-order valence-corrected chi connectivity index (χ0v) is 16.4. The van der Waals surface area contributed by atoms with Crippen molar-refractivity contribution in [2.45, 2.75) is 38.1 Å². The van der Waals surface area contributed by atoms with Crippen LogP contribution in [0.3, 0.4) is 0 Å². The molecule has 0 unspecified atom stereocenters. The highest BCUT2D eigenvalue weighted by atomic mass is 32.1. The molecule has 2 saturated heterocycles. The zero-order valence-electron chi connectivity index (χ0n) is 15.6. The van der Waals surface area contributed by atoms with Gasteiger partial charge in [-0.15, -0.1) is 11.3 Å². The Morgan fingerprint density at radius 3 is 2.71 bits per heavy atom. The van der Waals surface area contributed by atoms with Crippen LogP contribution in [0.25, 0.3) is 10.2 Å². The molecular weight excluding hydrogens is 376 g/mol. The van der Waals surface area contributed by atoms with Gasteiger partial charge >= 0.3 is 0 Å². The Balaban J connectivity index is 1.28. The van der Waals surface area contributed by atoms with Gasteiger partial charge in [0.15, 0.2) is 11.9 Å². The van der Waals surface area contributed by atoms with E-state index < -0.39 is 0 Å². The molecular formula is C20H21N4O3S+. The van der Waals surface area contributed by atoms with E-state index in [9.17, 15) is 9.59 Å². The number of quaternary nitrogens is 1. The van der Waals surface area contributed by atoms with E-state index in [2.05, 4.69) is 17.3 Å². The Hall–Kier alpha value is -2.58. The summed E-state index contributed by atoms with van der Waals surface area (Å²) in [6.07, 6.45) is 2.21. The summed E-state index contributed by atoms with van der Waals surface area (Å²) in [5.74, 6) is 0.972.